The third-order valence-corrected chi connectivity index (χ3v) is 5.89. The highest BCUT2D eigenvalue weighted by Crippen LogP contribution is 2.35. The SMILES string of the molecule is CSc1nc2c(F)c(Cl)nc(OC(C3CN(C(=O)OC(C)(C)C)CCN3)C(F)(F)P)c2c(=O)[nH]1. The van der Waals surface area contributed by atoms with Gasteiger partial charge in [0.05, 0.1) is 6.04 Å². The number of hydrogen-bond donors (Lipinski definition) is 2. The smallest absolute Gasteiger partial charge is 0.410 e. The first-order chi connectivity index (χ1) is 15.7. The Kier molecular flexibility index (Phi) is 7.91. The van der Waals surface area contributed by atoms with Crippen LogP contribution in [-0.4, -0.2) is 75.2 Å². The van der Waals surface area contributed by atoms with Crippen molar-refractivity contribution >= 4 is 49.6 Å². The van der Waals surface area contributed by atoms with Gasteiger partial charge in [0.1, 0.15) is 16.5 Å². The minimum atomic E-state index is -3.54. The summed E-state index contributed by atoms with van der Waals surface area (Å²) < 4.78 is 54.8. The van der Waals surface area contributed by atoms with E-state index in [9.17, 15) is 22.8 Å². The number of pyridine rings is 1. The molecule has 0 aromatic carbocycles. The summed E-state index contributed by atoms with van der Waals surface area (Å²) >= 11 is 6.89. The lowest BCUT2D eigenvalue weighted by molar-refractivity contribution is -0.0528. The lowest BCUT2D eigenvalue weighted by Gasteiger charge is -2.39. The van der Waals surface area contributed by atoms with E-state index >= 15 is 0 Å². The number of fused-ring (bicyclic) bond motifs is 1. The van der Waals surface area contributed by atoms with Crippen LogP contribution in [0.3, 0.4) is 0 Å². The maximum Gasteiger partial charge on any atom is 0.410 e. The van der Waals surface area contributed by atoms with Crippen molar-refractivity contribution in [1.82, 2.24) is 25.2 Å². The first-order valence-corrected chi connectivity index (χ1v) is 12.3. The Balaban J connectivity index is 1.99. The fraction of sp³-hybridized carbons (Fsp3) is 0.579. The van der Waals surface area contributed by atoms with Crippen molar-refractivity contribution < 1.29 is 27.4 Å². The molecule has 3 unspecified atom stereocenters. The lowest BCUT2D eigenvalue weighted by Crippen LogP contribution is -2.61. The highest BCUT2D eigenvalue weighted by atomic mass is 35.5. The van der Waals surface area contributed by atoms with Crippen LogP contribution >= 0.6 is 32.6 Å². The first-order valence-electron chi connectivity index (χ1n) is 10.1. The average Bonchev–Trinajstić information content (AvgIpc) is 2.72. The topological polar surface area (TPSA) is 109 Å². The summed E-state index contributed by atoms with van der Waals surface area (Å²) in [5, 5.41) is 1.84. The average molecular weight is 542 g/mol. The van der Waals surface area contributed by atoms with E-state index in [0.717, 1.165) is 11.8 Å². The molecule has 2 aromatic rings. The van der Waals surface area contributed by atoms with Gasteiger partial charge < -0.3 is 24.7 Å². The molecule has 1 aliphatic heterocycles. The molecular formula is C19H24ClF3N5O4PS. The zero-order valence-electron chi connectivity index (χ0n) is 18.7. The number of halogens is 4. The molecular weight excluding hydrogens is 518 g/mol. The summed E-state index contributed by atoms with van der Waals surface area (Å²) in [6.07, 6.45) is -0.985. The Morgan fingerprint density at radius 2 is 2.03 bits per heavy atom. The molecule has 2 aromatic heterocycles. The summed E-state index contributed by atoms with van der Waals surface area (Å²) in [4.78, 5) is 36.4. The van der Waals surface area contributed by atoms with Gasteiger partial charge in [0.2, 0.25) is 5.88 Å². The van der Waals surface area contributed by atoms with Crippen LogP contribution in [0.5, 0.6) is 5.88 Å². The van der Waals surface area contributed by atoms with Crippen LogP contribution in [0, 0.1) is 5.82 Å². The number of aromatic nitrogens is 3. The van der Waals surface area contributed by atoms with Crippen LogP contribution in [0.1, 0.15) is 20.8 Å². The molecule has 34 heavy (non-hydrogen) atoms. The second kappa shape index (κ2) is 10.0. The van der Waals surface area contributed by atoms with Gasteiger partial charge in [-0.2, -0.15) is 13.8 Å². The molecule has 15 heteroatoms. The molecule has 3 heterocycles. The number of H-pyrrole nitrogens is 1. The predicted molar refractivity (Wildman–Crippen MR) is 126 cm³/mol. The number of hydrogen-bond acceptors (Lipinski definition) is 8. The van der Waals surface area contributed by atoms with E-state index in [1.54, 1.807) is 27.0 Å². The van der Waals surface area contributed by atoms with Gasteiger partial charge in [-0.15, -0.1) is 0 Å². The number of alkyl halides is 2. The van der Waals surface area contributed by atoms with Gasteiger partial charge in [0, 0.05) is 19.6 Å². The number of amides is 1. The highest BCUT2D eigenvalue weighted by Gasteiger charge is 2.45. The molecule has 9 nitrogen and oxygen atoms in total. The predicted octanol–water partition coefficient (Wildman–Crippen LogP) is 3.26. The molecule has 3 atom stereocenters. The fourth-order valence-electron chi connectivity index (χ4n) is 3.31. The van der Waals surface area contributed by atoms with Crippen molar-refractivity contribution in [1.29, 1.82) is 0 Å². The van der Waals surface area contributed by atoms with Crippen molar-refractivity contribution in [2.24, 2.45) is 0 Å². The van der Waals surface area contributed by atoms with Crippen LogP contribution in [0.15, 0.2) is 9.95 Å². The number of thioether (sulfide) groups is 1. The number of nitrogens with one attached hydrogen (secondary N) is 2. The van der Waals surface area contributed by atoms with E-state index in [4.69, 9.17) is 21.1 Å². The normalized spacial score (nSPS) is 18.1. The van der Waals surface area contributed by atoms with Gasteiger partial charge in [-0.1, -0.05) is 32.6 Å². The van der Waals surface area contributed by atoms with E-state index in [-0.39, 0.29) is 24.8 Å². The third kappa shape index (κ3) is 6.05. The fourth-order valence-corrected chi connectivity index (χ4v) is 4.15. The molecule has 1 aliphatic rings. The number of rotatable bonds is 5. The maximum absolute atomic E-state index is 14.7. The zero-order valence-corrected chi connectivity index (χ0v) is 21.5. The Morgan fingerprint density at radius 1 is 1.35 bits per heavy atom. The minimum Gasteiger partial charge on any atom is -0.465 e. The van der Waals surface area contributed by atoms with Crippen molar-refractivity contribution in [3.8, 4) is 5.88 Å². The van der Waals surface area contributed by atoms with Crippen molar-refractivity contribution in [2.45, 2.75) is 49.3 Å². The van der Waals surface area contributed by atoms with Crippen LogP contribution in [0.4, 0.5) is 18.0 Å². The number of ether oxygens (including phenoxy) is 2. The molecule has 188 valence electrons. The van der Waals surface area contributed by atoms with Crippen molar-refractivity contribution in [2.75, 3.05) is 25.9 Å². The Bertz CT molecular complexity index is 1140. The zero-order chi connectivity index (χ0) is 25.4. The van der Waals surface area contributed by atoms with Gasteiger partial charge in [0.25, 0.3) is 11.2 Å². The van der Waals surface area contributed by atoms with E-state index in [0.29, 0.717) is 0 Å². The molecule has 1 amide bonds. The largest absolute Gasteiger partial charge is 0.465 e. The van der Waals surface area contributed by atoms with E-state index in [1.165, 1.54) is 14.1 Å². The monoisotopic (exact) mass is 541 g/mol. The van der Waals surface area contributed by atoms with E-state index < -0.39 is 62.8 Å². The molecule has 3 rings (SSSR count). The van der Waals surface area contributed by atoms with Crippen LogP contribution < -0.4 is 15.6 Å². The summed E-state index contributed by atoms with van der Waals surface area (Å²) in [6.45, 7) is 5.30. The standard InChI is InChI=1S/C19H24ClF3N5O4PS/c1-18(2,3)32-17(30)28-6-5-24-8(7-28)12(19(22,23)33)31-15-9-11(10(21)13(20)26-15)25-16(34-4)27-14(9)29/h8,12,24H,5-7,33H2,1-4H3,(H,25,27,29). The number of aromatic amines is 1. The Morgan fingerprint density at radius 3 is 2.62 bits per heavy atom. The molecule has 0 radical (unpaired) electrons. The van der Waals surface area contributed by atoms with Crippen molar-refractivity contribution in [3.63, 3.8) is 0 Å². The van der Waals surface area contributed by atoms with Gasteiger partial charge in [-0.25, -0.2) is 14.2 Å². The molecule has 1 fully saturated rings. The van der Waals surface area contributed by atoms with Gasteiger partial charge >= 0.3 is 6.09 Å². The quantitative estimate of drug-likeness (QED) is 0.257. The number of carbonyl (C=O) groups excluding carboxylic acids is 1. The van der Waals surface area contributed by atoms with Crippen LogP contribution in [-0.2, 0) is 4.74 Å². The number of nitrogens with zero attached hydrogens (tertiary/aromatic N) is 3. The first kappa shape index (κ1) is 26.8. The highest BCUT2D eigenvalue weighted by molar-refractivity contribution is 7.98. The van der Waals surface area contributed by atoms with Gasteiger partial charge in [0.15, 0.2) is 22.2 Å². The van der Waals surface area contributed by atoms with Crippen molar-refractivity contribution in [3.05, 3.63) is 21.3 Å². The Hall–Kier alpha value is -1.82. The Labute approximate surface area is 204 Å². The molecule has 2 N–H and O–H groups in total. The van der Waals surface area contributed by atoms with Crippen LogP contribution in [0.25, 0.3) is 10.9 Å². The van der Waals surface area contributed by atoms with Gasteiger partial charge in [-0.3, -0.25) is 4.79 Å². The molecule has 0 spiro atoms. The van der Waals surface area contributed by atoms with E-state index in [1.807, 2.05) is 0 Å². The summed E-state index contributed by atoms with van der Waals surface area (Å²) in [6, 6.07) is -1.09. The molecule has 0 saturated carbocycles. The molecule has 0 aliphatic carbocycles. The van der Waals surface area contributed by atoms with Gasteiger partial charge in [-0.05, 0) is 27.0 Å². The number of carbonyl (C=O) groups is 1. The third-order valence-electron chi connectivity index (χ3n) is 4.73. The minimum absolute atomic E-state index is 0.0968. The summed E-state index contributed by atoms with van der Waals surface area (Å²) in [5.74, 6) is -1.68. The maximum atomic E-state index is 14.7. The van der Waals surface area contributed by atoms with E-state index in [2.05, 4.69) is 20.3 Å². The molecule has 1 saturated heterocycles. The molecule has 0 bridgehead atoms. The summed E-state index contributed by atoms with van der Waals surface area (Å²) in [7, 11) is 1.38. The summed E-state index contributed by atoms with van der Waals surface area (Å²) in [5.41, 5.74) is -5.59. The second-order valence-corrected chi connectivity index (χ2v) is 10.4. The lowest BCUT2D eigenvalue weighted by atomic mass is 10.1. The number of piperazine rings is 1. The second-order valence-electron chi connectivity index (χ2n) is 8.52. The van der Waals surface area contributed by atoms with Crippen LogP contribution in [0.2, 0.25) is 5.15 Å².